The highest BCUT2D eigenvalue weighted by atomic mass is 16.2. The van der Waals surface area contributed by atoms with Crippen LogP contribution in [0.1, 0.15) is 30.4 Å². The molecule has 1 aliphatic rings. The number of nitrogens with one attached hydrogen (secondary N) is 2. The van der Waals surface area contributed by atoms with Gasteiger partial charge in [0.05, 0.1) is 0 Å². The number of nitrogens with zero attached hydrogens (tertiary/aromatic N) is 1. The van der Waals surface area contributed by atoms with Crippen molar-refractivity contribution in [1.82, 2.24) is 0 Å². The summed E-state index contributed by atoms with van der Waals surface area (Å²) in [6.07, 6.45) is 2.55. The van der Waals surface area contributed by atoms with Crippen molar-refractivity contribution in [2.45, 2.75) is 33.1 Å². The highest BCUT2D eigenvalue weighted by Crippen LogP contribution is 2.24. The zero-order valence-corrected chi connectivity index (χ0v) is 14.6. The van der Waals surface area contributed by atoms with Crippen molar-refractivity contribution in [2.24, 2.45) is 0 Å². The van der Waals surface area contributed by atoms with Gasteiger partial charge in [-0.05, 0) is 68.1 Å². The number of aryl methyl sites for hydroxylation is 2. The van der Waals surface area contributed by atoms with Crippen LogP contribution in [0, 0.1) is 13.8 Å². The third kappa shape index (κ3) is 4.18. The lowest BCUT2D eigenvalue weighted by atomic mass is 10.1. The number of rotatable bonds is 3. The Bertz CT molecular complexity index is 801. The lowest BCUT2D eigenvalue weighted by molar-refractivity contribution is -0.119. The molecule has 0 radical (unpaired) electrons. The maximum Gasteiger partial charge on any atom is 0.323 e. The molecule has 25 heavy (non-hydrogen) atoms. The third-order valence-corrected chi connectivity index (χ3v) is 4.50. The minimum Gasteiger partial charge on any atom is -0.312 e. The van der Waals surface area contributed by atoms with Gasteiger partial charge in [-0.25, -0.2) is 4.79 Å². The number of carbonyl (C=O) groups excluding carboxylic acids is 2. The predicted octanol–water partition coefficient (Wildman–Crippen LogP) is 4.46. The van der Waals surface area contributed by atoms with Crippen molar-refractivity contribution in [3.05, 3.63) is 53.6 Å². The molecule has 2 N–H and O–H groups in total. The zero-order chi connectivity index (χ0) is 17.8. The zero-order valence-electron chi connectivity index (χ0n) is 14.6. The molecule has 3 rings (SSSR count). The number of piperidine rings is 1. The second kappa shape index (κ2) is 7.38. The van der Waals surface area contributed by atoms with Gasteiger partial charge in [-0.15, -0.1) is 0 Å². The molecule has 1 fully saturated rings. The lowest BCUT2D eigenvalue weighted by Crippen LogP contribution is -2.35. The van der Waals surface area contributed by atoms with Gasteiger partial charge in [-0.1, -0.05) is 12.1 Å². The summed E-state index contributed by atoms with van der Waals surface area (Å²) in [4.78, 5) is 26.1. The fraction of sp³-hybridized carbons (Fsp3) is 0.300. The molecule has 0 spiro atoms. The van der Waals surface area contributed by atoms with E-state index < -0.39 is 0 Å². The van der Waals surface area contributed by atoms with E-state index in [0.29, 0.717) is 12.1 Å². The Labute approximate surface area is 148 Å². The van der Waals surface area contributed by atoms with Gasteiger partial charge >= 0.3 is 6.03 Å². The second-order valence-corrected chi connectivity index (χ2v) is 6.43. The Morgan fingerprint density at radius 3 is 2.44 bits per heavy atom. The predicted molar refractivity (Wildman–Crippen MR) is 101 cm³/mol. The molecule has 0 atom stereocenters. The van der Waals surface area contributed by atoms with E-state index in [1.807, 2.05) is 56.3 Å². The molecule has 0 aliphatic carbocycles. The number of amides is 3. The average Bonchev–Trinajstić information content (AvgIpc) is 2.59. The van der Waals surface area contributed by atoms with Crippen molar-refractivity contribution in [1.29, 1.82) is 0 Å². The first kappa shape index (κ1) is 17.0. The molecule has 0 unspecified atom stereocenters. The van der Waals surface area contributed by atoms with Crippen LogP contribution in [-0.2, 0) is 4.79 Å². The van der Waals surface area contributed by atoms with Crippen molar-refractivity contribution >= 4 is 29.0 Å². The van der Waals surface area contributed by atoms with E-state index in [0.717, 1.165) is 36.3 Å². The van der Waals surface area contributed by atoms with Crippen LogP contribution in [0.25, 0.3) is 0 Å². The second-order valence-electron chi connectivity index (χ2n) is 6.43. The standard InChI is InChI=1S/C20H23N3O2/c1-14-9-10-17(12-15(14)2)22-20(25)21-16-6-5-7-18(13-16)23-11-4-3-8-19(23)24/h5-7,9-10,12-13H,3-4,8,11H2,1-2H3,(H2,21,22,25). The monoisotopic (exact) mass is 337 g/mol. The molecule has 5 nitrogen and oxygen atoms in total. The highest BCUT2D eigenvalue weighted by molar-refractivity contribution is 6.01. The van der Waals surface area contributed by atoms with E-state index in [4.69, 9.17) is 0 Å². The van der Waals surface area contributed by atoms with Gasteiger partial charge in [-0.2, -0.15) is 0 Å². The summed E-state index contributed by atoms with van der Waals surface area (Å²) < 4.78 is 0. The summed E-state index contributed by atoms with van der Waals surface area (Å²) in [6.45, 7) is 4.78. The molecule has 1 saturated heterocycles. The fourth-order valence-electron chi connectivity index (χ4n) is 2.94. The van der Waals surface area contributed by atoms with E-state index in [9.17, 15) is 9.59 Å². The van der Waals surface area contributed by atoms with E-state index in [1.165, 1.54) is 5.56 Å². The molecule has 1 aliphatic heterocycles. The van der Waals surface area contributed by atoms with Crippen LogP contribution in [0.5, 0.6) is 0 Å². The lowest BCUT2D eigenvalue weighted by Gasteiger charge is -2.27. The van der Waals surface area contributed by atoms with Gasteiger partial charge < -0.3 is 15.5 Å². The van der Waals surface area contributed by atoms with Gasteiger partial charge in [0.1, 0.15) is 0 Å². The summed E-state index contributed by atoms with van der Waals surface area (Å²) in [6, 6.07) is 12.9. The minimum absolute atomic E-state index is 0.142. The van der Waals surface area contributed by atoms with Crippen molar-refractivity contribution in [3.63, 3.8) is 0 Å². The molecular weight excluding hydrogens is 314 g/mol. The molecule has 130 valence electrons. The molecule has 2 aromatic rings. The van der Waals surface area contributed by atoms with Crippen LogP contribution in [0.3, 0.4) is 0 Å². The fourth-order valence-corrected chi connectivity index (χ4v) is 2.94. The van der Waals surface area contributed by atoms with E-state index in [2.05, 4.69) is 10.6 Å². The molecule has 0 aromatic heterocycles. The largest absolute Gasteiger partial charge is 0.323 e. The molecule has 1 heterocycles. The smallest absolute Gasteiger partial charge is 0.312 e. The Kier molecular flexibility index (Phi) is 5.03. The van der Waals surface area contributed by atoms with Gasteiger partial charge in [0.25, 0.3) is 0 Å². The van der Waals surface area contributed by atoms with Crippen LogP contribution in [0.2, 0.25) is 0 Å². The van der Waals surface area contributed by atoms with Crippen LogP contribution < -0.4 is 15.5 Å². The highest BCUT2D eigenvalue weighted by Gasteiger charge is 2.19. The summed E-state index contributed by atoms with van der Waals surface area (Å²) in [5, 5.41) is 5.67. The van der Waals surface area contributed by atoms with Crippen LogP contribution in [-0.4, -0.2) is 18.5 Å². The average molecular weight is 337 g/mol. The first-order valence-corrected chi connectivity index (χ1v) is 8.58. The van der Waals surface area contributed by atoms with E-state index in [1.54, 1.807) is 4.90 Å². The van der Waals surface area contributed by atoms with Gasteiger partial charge in [0.2, 0.25) is 5.91 Å². The molecular formula is C20H23N3O2. The summed E-state index contributed by atoms with van der Waals surface area (Å²) >= 11 is 0. The minimum atomic E-state index is -0.301. The summed E-state index contributed by atoms with van der Waals surface area (Å²) in [7, 11) is 0. The normalized spacial score (nSPS) is 14.3. The number of hydrogen-bond donors (Lipinski definition) is 2. The number of benzene rings is 2. The van der Waals surface area contributed by atoms with E-state index in [-0.39, 0.29) is 11.9 Å². The van der Waals surface area contributed by atoms with Crippen molar-refractivity contribution in [2.75, 3.05) is 22.1 Å². The van der Waals surface area contributed by atoms with Gasteiger partial charge in [-0.3, -0.25) is 4.79 Å². The third-order valence-electron chi connectivity index (χ3n) is 4.50. The Morgan fingerprint density at radius 1 is 0.960 bits per heavy atom. The number of urea groups is 1. The first-order valence-electron chi connectivity index (χ1n) is 8.58. The van der Waals surface area contributed by atoms with Crippen molar-refractivity contribution < 1.29 is 9.59 Å². The Morgan fingerprint density at radius 2 is 1.72 bits per heavy atom. The van der Waals surface area contributed by atoms with Gasteiger partial charge in [0, 0.05) is 30.0 Å². The number of carbonyl (C=O) groups is 2. The molecule has 2 aromatic carbocycles. The van der Waals surface area contributed by atoms with Gasteiger partial charge in [0.15, 0.2) is 0 Å². The maximum absolute atomic E-state index is 12.2. The molecule has 3 amide bonds. The number of hydrogen-bond acceptors (Lipinski definition) is 2. The van der Waals surface area contributed by atoms with Crippen LogP contribution in [0.4, 0.5) is 21.9 Å². The summed E-state index contributed by atoms with van der Waals surface area (Å²) in [5.41, 5.74) is 4.56. The Hall–Kier alpha value is -2.82. The SMILES string of the molecule is Cc1ccc(NC(=O)Nc2cccc(N3CCCCC3=O)c2)cc1C. The first-order chi connectivity index (χ1) is 12.0. The van der Waals surface area contributed by atoms with Crippen LogP contribution in [0.15, 0.2) is 42.5 Å². The topological polar surface area (TPSA) is 61.4 Å². The Balaban J connectivity index is 1.68. The molecule has 0 saturated carbocycles. The quantitative estimate of drug-likeness (QED) is 0.868. The van der Waals surface area contributed by atoms with Crippen LogP contribution >= 0.6 is 0 Å². The number of anilines is 3. The molecule has 0 bridgehead atoms. The maximum atomic E-state index is 12.2. The van der Waals surface area contributed by atoms with E-state index >= 15 is 0 Å². The molecule has 5 heteroatoms. The summed E-state index contributed by atoms with van der Waals surface area (Å²) in [5.74, 6) is 0.142. The van der Waals surface area contributed by atoms with Crippen molar-refractivity contribution in [3.8, 4) is 0 Å².